The first-order chi connectivity index (χ1) is 11.8. The van der Waals surface area contributed by atoms with Crippen molar-refractivity contribution in [2.45, 2.75) is 0 Å². The normalized spacial score (nSPS) is 10.4. The number of phenolic OH excluding ortho intramolecular Hbond substituents is 1. The van der Waals surface area contributed by atoms with Crippen LogP contribution in [0.4, 0.5) is 10.1 Å². The highest BCUT2D eigenvalue weighted by Gasteiger charge is 2.14. The number of hydrazone groups is 1. The van der Waals surface area contributed by atoms with Crippen molar-refractivity contribution in [2.75, 3.05) is 0 Å². The molecule has 0 aliphatic heterocycles. The smallest absolute Gasteiger partial charge is 0.274 e. The number of amides is 1. The number of nitro benzene ring substituents is 1. The van der Waals surface area contributed by atoms with Gasteiger partial charge in [0.25, 0.3) is 11.6 Å². The SMILES string of the molecule is N#Cc1ccc(C(=O)N/N=C\c2cc([N+](=O)[O-])cc(Br)c2O)c(F)c1. The Morgan fingerprint density at radius 3 is 2.76 bits per heavy atom. The molecule has 0 spiro atoms. The Hall–Kier alpha value is -3.32. The van der Waals surface area contributed by atoms with E-state index >= 15 is 0 Å². The van der Waals surface area contributed by atoms with E-state index in [9.17, 15) is 24.4 Å². The molecule has 0 radical (unpaired) electrons. The topological polar surface area (TPSA) is 129 Å². The molecule has 25 heavy (non-hydrogen) atoms. The fraction of sp³-hybridized carbons (Fsp3) is 0. The molecule has 0 bridgehead atoms. The number of aromatic hydroxyl groups is 1. The Kier molecular flexibility index (Phi) is 5.41. The third kappa shape index (κ3) is 4.15. The van der Waals surface area contributed by atoms with Crippen LogP contribution in [-0.4, -0.2) is 22.2 Å². The standard InChI is InChI=1S/C15H8BrFN4O4/c16-12-5-10(21(24)25)4-9(14(12)22)7-19-20-15(23)11-2-1-8(6-18)3-13(11)17/h1-5,7,22H,(H,20,23)/b19-7-. The fourth-order valence-electron chi connectivity index (χ4n) is 1.80. The van der Waals surface area contributed by atoms with Crippen LogP contribution in [0.5, 0.6) is 5.75 Å². The van der Waals surface area contributed by atoms with Crippen LogP contribution in [0, 0.1) is 27.3 Å². The first-order valence-corrected chi connectivity index (χ1v) is 7.32. The Labute approximate surface area is 148 Å². The number of nitrogens with zero attached hydrogens (tertiary/aromatic N) is 3. The first kappa shape index (κ1) is 18.0. The van der Waals surface area contributed by atoms with Crippen LogP contribution < -0.4 is 5.43 Å². The number of non-ortho nitro benzene ring substituents is 1. The van der Waals surface area contributed by atoms with Gasteiger partial charge < -0.3 is 5.11 Å². The van der Waals surface area contributed by atoms with Gasteiger partial charge >= 0.3 is 0 Å². The second-order valence-corrected chi connectivity index (χ2v) is 5.48. The number of phenols is 1. The van der Waals surface area contributed by atoms with Crippen LogP contribution in [0.15, 0.2) is 39.9 Å². The molecular weight excluding hydrogens is 399 g/mol. The average molecular weight is 407 g/mol. The van der Waals surface area contributed by atoms with Gasteiger partial charge in [-0.2, -0.15) is 10.4 Å². The van der Waals surface area contributed by atoms with Gasteiger partial charge in [0.2, 0.25) is 0 Å². The molecule has 1 amide bonds. The lowest BCUT2D eigenvalue weighted by Gasteiger charge is -2.03. The molecule has 0 saturated carbocycles. The molecule has 0 aromatic heterocycles. The van der Waals surface area contributed by atoms with Gasteiger partial charge in [0, 0.05) is 17.7 Å². The molecule has 0 aliphatic carbocycles. The van der Waals surface area contributed by atoms with Crippen LogP contribution >= 0.6 is 15.9 Å². The number of nitro groups is 1. The Balaban J connectivity index is 2.20. The minimum absolute atomic E-state index is 0.0262. The van der Waals surface area contributed by atoms with Gasteiger partial charge in [0.15, 0.2) is 0 Å². The third-order valence-corrected chi connectivity index (χ3v) is 3.61. The number of nitriles is 1. The van der Waals surface area contributed by atoms with Crippen molar-refractivity contribution in [1.29, 1.82) is 5.26 Å². The summed E-state index contributed by atoms with van der Waals surface area (Å²) in [6.45, 7) is 0. The highest BCUT2D eigenvalue weighted by atomic mass is 79.9. The summed E-state index contributed by atoms with van der Waals surface area (Å²) in [6.07, 6.45) is 0.979. The number of nitrogens with one attached hydrogen (secondary N) is 1. The van der Waals surface area contributed by atoms with E-state index in [1.807, 2.05) is 5.43 Å². The van der Waals surface area contributed by atoms with E-state index in [-0.39, 0.29) is 32.6 Å². The zero-order valence-electron chi connectivity index (χ0n) is 12.2. The molecule has 2 aromatic carbocycles. The van der Waals surface area contributed by atoms with E-state index in [0.29, 0.717) is 0 Å². The summed E-state index contributed by atoms with van der Waals surface area (Å²) in [5.41, 5.74) is 1.44. The van der Waals surface area contributed by atoms with E-state index in [4.69, 9.17) is 5.26 Å². The molecule has 126 valence electrons. The van der Waals surface area contributed by atoms with Gasteiger partial charge in [-0.1, -0.05) is 0 Å². The molecule has 0 unspecified atom stereocenters. The number of hydrogen-bond acceptors (Lipinski definition) is 6. The van der Waals surface area contributed by atoms with Crippen LogP contribution in [0.1, 0.15) is 21.5 Å². The number of rotatable bonds is 4. The fourth-order valence-corrected chi connectivity index (χ4v) is 2.26. The van der Waals surface area contributed by atoms with Crippen LogP contribution in [0.3, 0.4) is 0 Å². The molecule has 2 rings (SSSR count). The lowest BCUT2D eigenvalue weighted by molar-refractivity contribution is -0.385. The lowest BCUT2D eigenvalue weighted by Crippen LogP contribution is -2.19. The van der Waals surface area contributed by atoms with Crippen molar-refractivity contribution in [1.82, 2.24) is 5.43 Å². The van der Waals surface area contributed by atoms with Crippen molar-refractivity contribution in [3.8, 4) is 11.8 Å². The van der Waals surface area contributed by atoms with Gasteiger partial charge in [0.1, 0.15) is 11.6 Å². The summed E-state index contributed by atoms with van der Waals surface area (Å²) in [7, 11) is 0. The average Bonchev–Trinajstić information content (AvgIpc) is 2.57. The number of carbonyl (C=O) groups is 1. The van der Waals surface area contributed by atoms with Gasteiger partial charge in [0.05, 0.1) is 32.8 Å². The first-order valence-electron chi connectivity index (χ1n) is 6.53. The highest BCUT2D eigenvalue weighted by Crippen LogP contribution is 2.31. The predicted molar refractivity (Wildman–Crippen MR) is 88.6 cm³/mol. The molecule has 10 heteroatoms. The van der Waals surface area contributed by atoms with E-state index < -0.39 is 16.6 Å². The maximum atomic E-state index is 13.7. The quantitative estimate of drug-likeness (QED) is 0.458. The Bertz CT molecular complexity index is 940. The van der Waals surface area contributed by atoms with Crippen molar-refractivity contribution >= 4 is 33.7 Å². The number of benzene rings is 2. The molecule has 8 nitrogen and oxygen atoms in total. The van der Waals surface area contributed by atoms with Crippen molar-refractivity contribution in [3.05, 3.63) is 67.4 Å². The minimum atomic E-state index is -0.896. The summed E-state index contributed by atoms with van der Waals surface area (Å²) in [4.78, 5) is 22.0. The number of halogens is 2. The highest BCUT2D eigenvalue weighted by molar-refractivity contribution is 9.10. The summed E-state index contributed by atoms with van der Waals surface area (Å²) >= 11 is 2.97. The predicted octanol–water partition coefficient (Wildman–Crippen LogP) is 2.84. The largest absolute Gasteiger partial charge is 0.506 e. The summed E-state index contributed by atoms with van der Waals surface area (Å²) in [5.74, 6) is -2.09. The number of carbonyl (C=O) groups excluding carboxylic acids is 1. The second-order valence-electron chi connectivity index (χ2n) is 4.63. The van der Waals surface area contributed by atoms with Gasteiger partial charge in [-0.05, 0) is 34.1 Å². The van der Waals surface area contributed by atoms with E-state index in [2.05, 4.69) is 21.0 Å². The zero-order chi connectivity index (χ0) is 18.6. The number of hydrogen-bond donors (Lipinski definition) is 2. The minimum Gasteiger partial charge on any atom is -0.506 e. The molecule has 0 heterocycles. The molecule has 2 N–H and O–H groups in total. The lowest BCUT2D eigenvalue weighted by atomic mass is 10.1. The molecule has 0 fully saturated rings. The molecule has 0 atom stereocenters. The monoisotopic (exact) mass is 406 g/mol. The Morgan fingerprint density at radius 1 is 1.44 bits per heavy atom. The molecule has 0 aliphatic rings. The molecular formula is C15H8BrFN4O4. The van der Waals surface area contributed by atoms with Gasteiger partial charge in [-0.15, -0.1) is 0 Å². The van der Waals surface area contributed by atoms with E-state index in [1.54, 1.807) is 6.07 Å². The summed E-state index contributed by atoms with van der Waals surface area (Å²) < 4.78 is 13.8. The summed E-state index contributed by atoms with van der Waals surface area (Å²) in [6, 6.07) is 7.20. The van der Waals surface area contributed by atoms with Gasteiger partial charge in [-0.3, -0.25) is 14.9 Å². The van der Waals surface area contributed by atoms with Crippen LogP contribution in [0.25, 0.3) is 0 Å². The van der Waals surface area contributed by atoms with Crippen LogP contribution in [-0.2, 0) is 0 Å². The van der Waals surface area contributed by atoms with Gasteiger partial charge in [-0.25, -0.2) is 9.82 Å². The summed E-state index contributed by atoms with van der Waals surface area (Å²) in [5, 5.41) is 32.8. The van der Waals surface area contributed by atoms with E-state index in [0.717, 1.165) is 30.5 Å². The van der Waals surface area contributed by atoms with Crippen LogP contribution in [0.2, 0.25) is 0 Å². The maximum absolute atomic E-state index is 13.7. The van der Waals surface area contributed by atoms with Crippen molar-refractivity contribution in [3.63, 3.8) is 0 Å². The third-order valence-electron chi connectivity index (χ3n) is 3.00. The zero-order valence-corrected chi connectivity index (χ0v) is 13.8. The molecule has 2 aromatic rings. The molecule has 0 saturated heterocycles. The Morgan fingerprint density at radius 2 is 2.16 bits per heavy atom. The van der Waals surface area contributed by atoms with Crippen molar-refractivity contribution in [2.24, 2.45) is 5.10 Å². The van der Waals surface area contributed by atoms with Crippen molar-refractivity contribution < 1.29 is 19.2 Å². The van der Waals surface area contributed by atoms with E-state index in [1.165, 1.54) is 6.07 Å². The second kappa shape index (κ2) is 7.50. The maximum Gasteiger partial charge on any atom is 0.274 e.